The minimum absolute atomic E-state index is 0.710. The van der Waals surface area contributed by atoms with Crippen molar-refractivity contribution < 1.29 is 0 Å². The van der Waals surface area contributed by atoms with E-state index in [-0.39, 0.29) is 0 Å². The molecule has 1 aliphatic rings. The summed E-state index contributed by atoms with van der Waals surface area (Å²) in [6.45, 7) is 4.98. The van der Waals surface area contributed by atoms with Crippen LogP contribution in [0.1, 0.15) is 25.0 Å². The average Bonchev–Trinajstić information content (AvgIpc) is 3.13. The van der Waals surface area contributed by atoms with Gasteiger partial charge in [-0.2, -0.15) is 0 Å². The van der Waals surface area contributed by atoms with Crippen molar-refractivity contribution in [1.29, 1.82) is 0 Å². The summed E-state index contributed by atoms with van der Waals surface area (Å²) in [7, 11) is 0. The molecule has 0 saturated heterocycles. The fraction of sp³-hybridized carbons (Fsp3) is 0.286. The summed E-state index contributed by atoms with van der Waals surface area (Å²) in [6.07, 6.45) is 2.91. The van der Waals surface area contributed by atoms with Crippen LogP contribution in [0.25, 0.3) is 5.69 Å². The number of aromatic amines is 1. The SMILES string of the molecule is CCc1ccc(-n2[nH]cc(C3=NNNN3CC)c2=S)cc1. The Balaban J connectivity index is 1.97. The monoisotopic (exact) mass is 302 g/mol. The maximum Gasteiger partial charge on any atom is 0.177 e. The van der Waals surface area contributed by atoms with Gasteiger partial charge < -0.3 is 0 Å². The molecule has 0 unspecified atom stereocenters. The maximum atomic E-state index is 5.57. The number of hydrazone groups is 1. The van der Waals surface area contributed by atoms with Crippen LogP contribution in [0.2, 0.25) is 0 Å². The Labute approximate surface area is 128 Å². The second-order valence-electron chi connectivity index (χ2n) is 4.75. The van der Waals surface area contributed by atoms with Crippen molar-refractivity contribution >= 4 is 18.1 Å². The Bertz CT molecular complexity index is 712. The van der Waals surface area contributed by atoms with E-state index in [0.717, 1.165) is 30.1 Å². The third kappa shape index (κ3) is 2.45. The van der Waals surface area contributed by atoms with Gasteiger partial charge in [-0.3, -0.25) is 10.1 Å². The van der Waals surface area contributed by atoms with E-state index in [9.17, 15) is 0 Å². The maximum absolute atomic E-state index is 5.57. The van der Waals surface area contributed by atoms with Crippen molar-refractivity contribution in [1.82, 2.24) is 25.9 Å². The zero-order valence-corrected chi connectivity index (χ0v) is 12.9. The van der Waals surface area contributed by atoms with Crippen molar-refractivity contribution in [2.24, 2.45) is 5.10 Å². The molecule has 0 amide bonds. The van der Waals surface area contributed by atoms with Crippen molar-refractivity contribution in [2.45, 2.75) is 20.3 Å². The lowest BCUT2D eigenvalue weighted by atomic mass is 10.1. The number of hydrogen-bond donors (Lipinski definition) is 3. The quantitative estimate of drug-likeness (QED) is 0.757. The summed E-state index contributed by atoms with van der Waals surface area (Å²) >= 11 is 5.57. The lowest BCUT2D eigenvalue weighted by Gasteiger charge is -2.14. The molecule has 0 radical (unpaired) electrons. The second kappa shape index (κ2) is 5.71. The fourth-order valence-corrected chi connectivity index (χ4v) is 2.60. The van der Waals surface area contributed by atoms with Crippen LogP contribution in [0.15, 0.2) is 35.6 Å². The standard InChI is InChI=1S/C14H18N6S/c1-3-10-5-7-11(8-6-10)20-14(21)12(9-15-20)13-16-17-18-19(13)4-2/h5-9,15,17-18H,3-4H2,1-2H3. The molecule has 0 spiro atoms. The first-order valence-corrected chi connectivity index (χ1v) is 7.41. The Morgan fingerprint density at radius 2 is 1.95 bits per heavy atom. The van der Waals surface area contributed by atoms with E-state index in [2.05, 4.69) is 52.5 Å². The van der Waals surface area contributed by atoms with Crippen molar-refractivity contribution in [3.05, 3.63) is 46.2 Å². The largest absolute Gasteiger partial charge is 0.299 e. The molecular weight excluding hydrogens is 284 g/mol. The predicted molar refractivity (Wildman–Crippen MR) is 85.5 cm³/mol. The lowest BCUT2D eigenvalue weighted by Crippen LogP contribution is -2.40. The minimum atomic E-state index is 0.710. The zero-order chi connectivity index (χ0) is 14.8. The van der Waals surface area contributed by atoms with Gasteiger partial charge in [-0.1, -0.05) is 31.3 Å². The van der Waals surface area contributed by atoms with Gasteiger partial charge in [0.25, 0.3) is 0 Å². The molecule has 0 aliphatic carbocycles. The first-order chi connectivity index (χ1) is 10.2. The van der Waals surface area contributed by atoms with Gasteiger partial charge in [-0.05, 0) is 31.0 Å². The molecular formula is C14H18N6S. The van der Waals surface area contributed by atoms with Crippen LogP contribution >= 0.6 is 12.2 Å². The molecule has 7 heteroatoms. The number of aryl methyl sites for hydroxylation is 1. The molecule has 0 saturated carbocycles. The van der Waals surface area contributed by atoms with Gasteiger partial charge in [0.05, 0.1) is 11.3 Å². The molecule has 3 N–H and O–H groups in total. The van der Waals surface area contributed by atoms with E-state index < -0.39 is 0 Å². The molecule has 6 nitrogen and oxygen atoms in total. The summed E-state index contributed by atoms with van der Waals surface area (Å²) in [6, 6.07) is 8.37. The minimum Gasteiger partial charge on any atom is -0.299 e. The number of hydrogen-bond acceptors (Lipinski definition) is 5. The molecule has 2 aromatic rings. The summed E-state index contributed by atoms with van der Waals surface area (Å²) in [5.74, 6) is 0.794. The highest BCUT2D eigenvalue weighted by atomic mass is 32.1. The molecule has 1 aromatic heterocycles. The number of rotatable bonds is 4. The second-order valence-corrected chi connectivity index (χ2v) is 5.14. The summed E-state index contributed by atoms with van der Waals surface area (Å²) < 4.78 is 2.60. The number of nitrogens with zero attached hydrogens (tertiary/aromatic N) is 3. The Hall–Kier alpha value is -2.12. The smallest absolute Gasteiger partial charge is 0.177 e. The molecule has 3 rings (SSSR count). The normalized spacial score (nSPS) is 14.2. The number of amidine groups is 1. The average molecular weight is 302 g/mol. The van der Waals surface area contributed by atoms with E-state index in [4.69, 9.17) is 12.2 Å². The van der Waals surface area contributed by atoms with E-state index in [1.807, 2.05) is 22.8 Å². The third-order valence-electron chi connectivity index (χ3n) is 3.53. The van der Waals surface area contributed by atoms with Crippen molar-refractivity contribution in [3.63, 3.8) is 0 Å². The van der Waals surface area contributed by atoms with Crippen LogP contribution < -0.4 is 11.1 Å². The Morgan fingerprint density at radius 1 is 1.19 bits per heavy atom. The molecule has 0 bridgehead atoms. The zero-order valence-electron chi connectivity index (χ0n) is 12.1. The highest BCUT2D eigenvalue weighted by molar-refractivity contribution is 7.71. The Morgan fingerprint density at radius 3 is 2.62 bits per heavy atom. The van der Waals surface area contributed by atoms with Gasteiger partial charge in [-0.15, -0.1) is 10.6 Å². The van der Waals surface area contributed by atoms with Gasteiger partial charge in [0.1, 0.15) is 4.64 Å². The van der Waals surface area contributed by atoms with Crippen LogP contribution in [0.3, 0.4) is 0 Å². The van der Waals surface area contributed by atoms with Crippen LogP contribution in [-0.4, -0.2) is 27.2 Å². The van der Waals surface area contributed by atoms with Crippen LogP contribution in [0.4, 0.5) is 0 Å². The number of hydrazine groups is 2. The third-order valence-corrected chi connectivity index (χ3v) is 3.94. The number of benzene rings is 1. The Kier molecular flexibility index (Phi) is 3.76. The van der Waals surface area contributed by atoms with Gasteiger partial charge in [0.2, 0.25) is 0 Å². The fourth-order valence-electron chi connectivity index (χ4n) is 2.29. The van der Waals surface area contributed by atoms with E-state index in [1.54, 1.807) is 0 Å². The number of H-pyrrole nitrogens is 1. The summed E-state index contributed by atoms with van der Waals surface area (Å²) in [5, 5.41) is 9.34. The number of aromatic nitrogens is 2. The van der Waals surface area contributed by atoms with Gasteiger partial charge in [0.15, 0.2) is 5.84 Å². The highest BCUT2D eigenvalue weighted by Crippen LogP contribution is 2.15. The molecule has 110 valence electrons. The van der Waals surface area contributed by atoms with Crippen molar-refractivity contribution in [3.8, 4) is 5.69 Å². The molecule has 1 aromatic carbocycles. The van der Waals surface area contributed by atoms with Crippen LogP contribution in [-0.2, 0) is 6.42 Å². The predicted octanol–water partition coefficient (Wildman–Crippen LogP) is 2.10. The molecule has 1 aliphatic heterocycles. The topological polar surface area (TPSA) is 60.4 Å². The van der Waals surface area contributed by atoms with E-state index in [0.29, 0.717) is 4.64 Å². The van der Waals surface area contributed by atoms with Crippen LogP contribution in [0, 0.1) is 4.64 Å². The summed E-state index contributed by atoms with van der Waals surface area (Å²) in [4.78, 5) is 0. The highest BCUT2D eigenvalue weighted by Gasteiger charge is 2.20. The molecule has 21 heavy (non-hydrogen) atoms. The molecule has 0 fully saturated rings. The van der Waals surface area contributed by atoms with E-state index >= 15 is 0 Å². The van der Waals surface area contributed by atoms with E-state index in [1.165, 1.54) is 5.56 Å². The van der Waals surface area contributed by atoms with Gasteiger partial charge in [-0.25, -0.2) is 10.2 Å². The van der Waals surface area contributed by atoms with Crippen LogP contribution in [0.5, 0.6) is 0 Å². The lowest BCUT2D eigenvalue weighted by molar-refractivity contribution is 0.308. The first-order valence-electron chi connectivity index (χ1n) is 7.00. The van der Waals surface area contributed by atoms with Gasteiger partial charge in [0, 0.05) is 12.7 Å². The summed E-state index contributed by atoms with van der Waals surface area (Å²) in [5.41, 5.74) is 8.93. The molecule has 2 heterocycles. The molecule has 0 atom stereocenters. The van der Waals surface area contributed by atoms with Crippen molar-refractivity contribution in [2.75, 3.05) is 6.54 Å². The number of nitrogens with one attached hydrogen (secondary N) is 3. The van der Waals surface area contributed by atoms with Gasteiger partial charge >= 0.3 is 0 Å². The first kappa shape index (κ1) is 13.8.